The van der Waals surface area contributed by atoms with Crippen molar-refractivity contribution in [3.05, 3.63) is 41.7 Å². The SMILES string of the molecule is O=C(c1ccc(OC(F)F)cc1)N1CC[C@@H]2[C@@H](C1)OCc1cnnn12. The zero-order valence-electron chi connectivity index (χ0n) is 13.2. The predicted octanol–water partition coefficient (Wildman–Crippen LogP) is 1.87. The van der Waals surface area contributed by atoms with Gasteiger partial charge in [-0.05, 0) is 30.7 Å². The first-order valence-electron chi connectivity index (χ1n) is 7.96. The molecule has 0 aliphatic carbocycles. The van der Waals surface area contributed by atoms with Crippen molar-refractivity contribution in [2.24, 2.45) is 0 Å². The highest BCUT2D eigenvalue weighted by Crippen LogP contribution is 2.31. The molecule has 2 aliphatic heterocycles. The summed E-state index contributed by atoms with van der Waals surface area (Å²) in [6, 6.07) is 5.79. The van der Waals surface area contributed by atoms with E-state index in [9.17, 15) is 13.6 Å². The summed E-state index contributed by atoms with van der Waals surface area (Å²) in [5.41, 5.74) is 1.37. The number of piperidine rings is 1. The number of nitrogens with zero attached hydrogens (tertiary/aromatic N) is 4. The number of hydrogen-bond donors (Lipinski definition) is 0. The highest BCUT2D eigenvalue weighted by Gasteiger charge is 2.37. The van der Waals surface area contributed by atoms with Gasteiger partial charge in [-0.1, -0.05) is 5.21 Å². The number of likely N-dealkylation sites (tertiary alicyclic amines) is 1. The quantitative estimate of drug-likeness (QED) is 0.845. The fourth-order valence-corrected chi connectivity index (χ4v) is 3.33. The molecule has 4 rings (SSSR count). The number of hydrogen-bond acceptors (Lipinski definition) is 5. The van der Waals surface area contributed by atoms with E-state index >= 15 is 0 Å². The lowest BCUT2D eigenvalue weighted by atomic mass is 9.99. The Morgan fingerprint density at radius 2 is 2.12 bits per heavy atom. The van der Waals surface area contributed by atoms with E-state index in [0.29, 0.717) is 25.3 Å². The van der Waals surface area contributed by atoms with Crippen molar-refractivity contribution in [2.75, 3.05) is 13.1 Å². The fraction of sp³-hybridized carbons (Fsp3) is 0.438. The minimum Gasteiger partial charge on any atom is -0.435 e. The van der Waals surface area contributed by atoms with Gasteiger partial charge in [0.1, 0.15) is 5.75 Å². The molecule has 2 atom stereocenters. The van der Waals surface area contributed by atoms with Crippen LogP contribution in [-0.2, 0) is 11.3 Å². The summed E-state index contributed by atoms with van der Waals surface area (Å²) in [5, 5.41) is 8.02. The number of carbonyl (C=O) groups excluding carboxylic acids is 1. The van der Waals surface area contributed by atoms with Crippen molar-refractivity contribution in [3.8, 4) is 5.75 Å². The first kappa shape index (κ1) is 15.9. The van der Waals surface area contributed by atoms with Gasteiger partial charge in [0, 0.05) is 18.7 Å². The molecule has 1 saturated heterocycles. The zero-order chi connectivity index (χ0) is 17.4. The van der Waals surface area contributed by atoms with Gasteiger partial charge in [-0.25, -0.2) is 4.68 Å². The molecule has 2 aliphatic rings. The highest BCUT2D eigenvalue weighted by molar-refractivity contribution is 5.94. The predicted molar refractivity (Wildman–Crippen MR) is 81.2 cm³/mol. The largest absolute Gasteiger partial charge is 0.435 e. The van der Waals surface area contributed by atoms with Crippen molar-refractivity contribution in [1.82, 2.24) is 19.9 Å². The van der Waals surface area contributed by atoms with Crippen LogP contribution in [-0.4, -0.2) is 51.6 Å². The van der Waals surface area contributed by atoms with Gasteiger partial charge in [0.25, 0.3) is 5.91 Å². The fourth-order valence-electron chi connectivity index (χ4n) is 3.33. The van der Waals surface area contributed by atoms with Crippen LogP contribution in [0.2, 0.25) is 0 Å². The topological polar surface area (TPSA) is 69.5 Å². The van der Waals surface area contributed by atoms with Crippen LogP contribution >= 0.6 is 0 Å². The van der Waals surface area contributed by atoms with E-state index in [1.54, 1.807) is 11.1 Å². The number of alkyl halides is 2. The molecule has 3 heterocycles. The van der Waals surface area contributed by atoms with Crippen LogP contribution in [0.4, 0.5) is 8.78 Å². The van der Waals surface area contributed by atoms with Gasteiger partial charge < -0.3 is 14.4 Å². The Labute approximate surface area is 142 Å². The van der Waals surface area contributed by atoms with Gasteiger partial charge in [0.2, 0.25) is 0 Å². The van der Waals surface area contributed by atoms with Crippen LogP contribution in [0.15, 0.2) is 30.5 Å². The lowest BCUT2D eigenvalue weighted by Gasteiger charge is -2.41. The van der Waals surface area contributed by atoms with E-state index in [1.165, 1.54) is 24.3 Å². The van der Waals surface area contributed by atoms with E-state index in [0.717, 1.165) is 12.1 Å². The molecule has 0 N–H and O–H groups in total. The minimum atomic E-state index is -2.88. The second kappa shape index (κ2) is 6.40. The third-order valence-corrected chi connectivity index (χ3v) is 4.55. The lowest BCUT2D eigenvalue weighted by Crippen LogP contribution is -2.50. The Hall–Kier alpha value is -2.55. The van der Waals surface area contributed by atoms with Gasteiger partial charge in [-0.3, -0.25) is 4.79 Å². The van der Waals surface area contributed by atoms with Gasteiger partial charge in [-0.15, -0.1) is 5.10 Å². The summed E-state index contributed by atoms with van der Waals surface area (Å²) in [5.74, 6) is -0.130. The first-order valence-corrected chi connectivity index (χ1v) is 7.96. The number of carbonyl (C=O) groups is 1. The molecule has 0 saturated carbocycles. The number of benzene rings is 1. The number of aromatic nitrogens is 3. The van der Waals surface area contributed by atoms with Crippen molar-refractivity contribution in [3.63, 3.8) is 0 Å². The summed E-state index contributed by atoms with van der Waals surface area (Å²) in [4.78, 5) is 14.4. The maximum absolute atomic E-state index is 12.6. The Morgan fingerprint density at radius 3 is 2.88 bits per heavy atom. The van der Waals surface area contributed by atoms with Gasteiger partial charge in [-0.2, -0.15) is 8.78 Å². The molecule has 25 heavy (non-hydrogen) atoms. The van der Waals surface area contributed by atoms with Crippen LogP contribution in [0.3, 0.4) is 0 Å². The standard InChI is InChI=1S/C16H16F2N4O3/c17-16(18)25-12-3-1-10(2-4-12)15(23)21-6-5-13-14(8-21)24-9-11-7-19-20-22(11)13/h1-4,7,13-14,16H,5-6,8-9H2/t13-,14-/m1/s1. The monoisotopic (exact) mass is 350 g/mol. The van der Waals surface area contributed by atoms with Crippen LogP contribution in [0.25, 0.3) is 0 Å². The average Bonchev–Trinajstić information content (AvgIpc) is 3.10. The van der Waals surface area contributed by atoms with Gasteiger partial charge in [0.15, 0.2) is 0 Å². The van der Waals surface area contributed by atoms with E-state index < -0.39 is 6.61 Å². The molecular weight excluding hydrogens is 334 g/mol. The second-order valence-electron chi connectivity index (χ2n) is 6.03. The molecule has 0 spiro atoms. The van der Waals surface area contributed by atoms with E-state index in [2.05, 4.69) is 15.0 Å². The zero-order valence-corrected chi connectivity index (χ0v) is 13.2. The Bertz CT molecular complexity index is 765. The summed E-state index contributed by atoms with van der Waals surface area (Å²) in [7, 11) is 0. The van der Waals surface area contributed by atoms with Gasteiger partial charge >= 0.3 is 6.61 Å². The minimum absolute atomic E-state index is 0.0274. The molecule has 1 aromatic heterocycles. The molecule has 0 unspecified atom stereocenters. The van der Waals surface area contributed by atoms with E-state index in [-0.39, 0.29) is 23.8 Å². The van der Waals surface area contributed by atoms with Crippen molar-refractivity contribution < 1.29 is 23.0 Å². The highest BCUT2D eigenvalue weighted by atomic mass is 19.3. The molecule has 9 heteroatoms. The smallest absolute Gasteiger partial charge is 0.387 e. The Kier molecular flexibility index (Phi) is 4.08. The van der Waals surface area contributed by atoms with Crippen LogP contribution in [0, 0.1) is 0 Å². The molecule has 0 radical (unpaired) electrons. The van der Waals surface area contributed by atoms with Crippen LogP contribution in [0.1, 0.15) is 28.5 Å². The third-order valence-electron chi connectivity index (χ3n) is 4.55. The molecule has 1 fully saturated rings. The first-order chi connectivity index (χ1) is 12.1. The molecule has 0 bridgehead atoms. The second-order valence-corrected chi connectivity index (χ2v) is 6.03. The summed E-state index contributed by atoms with van der Waals surface area (Å²) in [6.07, 6.45) is 2.28. The van der Waals surface area contributed by atoms with Crippen LogP contribution < -0.4 is 4.74 Å². The van der Waals surface area contributed by atoms with Crippen molar-refractivity contribution in [2.45, 2.75) is 31.8 Å². The molecule has 132 valence electrons. The molecular formula is C16H16F2N4O3. The summed E-state index contributed by atoms with van der Waals surface area (Å²) >= 11 is 0. The van der Waals surface area contributed by atoms with E-state index in [4.69, 9.17) is 4.74 Å². The number of amides is 1. The summed E-state index contributed by atoms with van der Waals surface area (Å²) < 4.78 is 36.4. The van der Waals surface area contributed by atoms with Crippen molar-refractivity contribution >= 4 is 5.91 Å². The molecule has 7 nitrogen and oxygen atoms in total. The number of fused-ring (bicyclic) bond motifs is 3. The number of halogens is 2. The normalized spacial score (nSPS) is 22.4. The third kappa shape index (κ3) is 3.07. The van der Waals surface area contributed by atoms with Crippen LogP contribution in [0.5, 0.6) is 5.75 Å². The number of ether oxygens (including phenoxy) is 2. The number of rotatable bonds is 3. The maximum atomic E-state index is 12.6. The molecule has 2 aromatic rings. The summed E-state index contributed by atoms with van der Waals surface area (Å²) in [6.45, 7) is -1.43. The average molecular weight is 350 g/mol. The van der Waals surface area contributed by atoms with E-state index in [1.807, 2.05) is 4.68 Å². The molecule has 1 amide bonds. The maximum Gasteiger partial charge on any atom is 0.387 e. The molecule has 1 aromatic carbocycles. The van der Waals surface area contributed by atoms with Gasteiger partial charge in [0.05, 0.1) is 30.6 Å². The Balaban J connectivity index is 1.44. The van der Waals surface area contributed by atoms with Crippen molar-refractivity contribution in [1.29, 1.82) is 0 Å². The Morgan fingerprint density at radius 1 is 1.32 bits per heavy atom. The lowest BCUT2D eigenvalue weighted by molar-refractivity contribution is -0.0627.